The predicted molar refractivity (Wildman–Crippen MR) is 101 cm³/mol. The van der Waals surface area contributed by atoms with Crippen molar-refractivity contribution in [1.82, 2.24) is 0 Å². The van der Waals surface area contributed by atoms with Crippen molar-refractivity contribution in [3.63, 3.8) is 0 Å². The molecule has 0 aromatic heterocycles. The topological polar surface area (TPSA) is 0 Å². The van der Waals surface area contributed by atoms with Crippen molar-refractivity contribution in [3.8, 4) is 0 Å². The van der Waals surface area contributed by atoms with E-state index >= 15 is 0 Å². The molecule has 1 aromatic carbocycles. The smallest absolute Gasteiger partial charge is 0.00614 e. The lowest BCUT2D eigenvalue weighted by atomic mass is 9.81. The van der Waals surface area contributed by atoms with Gasteiger partial charge in [0.15, 0.2) is 0 Å². The Labute approximate surface area is 142 Å². The third kappa shape index (κ3) is 3.97. The van der Waals surface area contributed by atoms with Crippen LogP contribution in [-0.2, 0) is 12.8 Å². The van der Waals surface area contributed by atoms with Gasteiger partial charge in [-0.05, 0) is 73.6 Å². The fourth-order valence-electron chi connectivity index (χ4n) is 3.91. The van der Waals surface area contributed by atoms with Crippen LogP contribution in [0.4, 0.5) is 0 Å². The standard InChI is InChI=1S/C23H32/c1-4-6-7-8-21-15-18(5-2)16-22(19-13-14-19)23(21)20-11-9-17(3)10-12-20/h9-11,15-16,19-20H,4-8,12-14H2,1-3H3. The van der Waals surface area contributed by atoms with E-state index in [1.54, 1.807) is 22.3 Å². The molecule has 0 spiro atoms. The Kier molecular flexibility index (Phi) is 5.41. The van der Waals surface area contributed by atoms with Gasteiger partial charge in [0, 0.05) is 5.92 Å². The Morgan fingerprint density at radius 3 is 2.52 bits per heavy atom. The molecular formula is C23H32. The second-order valence-corrected chi connectivity index (χ2v) is 7.49. The fourth-order valence-corrected chi connectivity index (χ4v) is 3.91. The first-order valence-corrected chi connectivity index (χ1v) is 9.73. The second-order valence-electron chi connectivity index (χ2n) is 7.49. The summed E-state index contributed by atoms with van der Waals surface area (Å²) in [7, 11) is 0. The third-order valence-corrected chi connectivity index (χ3v) is 5.49. The van der Waals surface area contributed by atoms with Crippen molar-refractivity contribution in [2.45, 2.75) is 84.0 Å². The zero-order valence-electron chi connectivity index (χ0n) is 15.2. The van der Waals surface area contributed by atoms with Gasteiger partial charge in [0.05, 0.1) is 0 Å². The summed E-state index contributed by atoms with van der Waals surface area (Å²) in [5, 5.41) is 0. The number of rotatable bonds is 7. The van der Waals surface area contributed by atoms with Crippen LogP contribution in [-0.4, -0.2) is 0 Å². The molecular weight excluding hydrogens is 276 g/mol. The van der Waals surface area contributed by atoms with Crippen LogP contribution in [0.2, 0.25) is 0 Å². The predicted octanol–water partition coefficient (Wildman–Crippen LogP) is 6.85. The molecule has 0 heteroatoms. The van der Waals surface area contributed by atoms with Gasteiger partial charge >= 0.3 is 0 Å². The van der Waals surface area contributed by atoms with Crippen molar-refractivity contribution >= 4 is 0 Å². The van der Waals surface area contributed by atoms with Gasteiger partial charge in [-0.25, -0.2) is 0 Å². The monoisotopic (exact) mass is 308 g/mol. The number of unbranched alkanes of at least 4 members (excludes halogenated alkanes) is 2. The molecule has 124 valence electrons. The highest BCUT2D eigenvalue weighted by Crippen LogP contribution is 2.46. The first kappa shape index (κ1) is 16.6. The first-order valence-electron chi connectivity index (χ1n) is 9.73. The Morgan fingerprint density at radius 2 is 1.91 bits per heavy atom. The van der Waals surface area contributed by atoms with Crippen molar-refractivity contribution in [2.75, 3.05) is 0 Å². The third-order valence-electron chi connectivity index (χ3n) is 5.49. The van der Waals surface area contributed by atoms with Gasteiger partial charge in [0.25, 0.3) is 0 Å². The molecule has 1 fully saturated rings. The van der Waals surface area contributed by atoms with Crippen molar-refractivity contribution in [2.24, 2.45) is 0 Å². The molecule has 23 heavy (non-hydrogen) atoms. The number of hydrogen-bond acceptors (Lipinski definition) is 0. The van der Waals surface area contributed by atoms with Crippen LogP contribution in [0.3, 0.4) is 0 Å². The molecule has 2 aliphatic rings. The molecule has 1 saturated carbocycles. The summed E-state index contributed by atoms with van der Waals surface area (Å²) in [6.45, 7) is 6.82. The first-order chi connectivity index (χ1) is 11.2. The molecule has 0 aliphatic heterocycles. The summed E-state index contributed by atoms with van der Waals surface area (Å²) < 4.78 is 0. The second kappa shape index (κ2) is 7.51. The molecule has 0 radical (unpaired) electrons. The largest absolute Gasteiger partial charge is 0.0807 e. The summed E-state index contributed by atoms with van der Waals surface area (Å²) in [6.07, 6.45) is 17.6. The minimum Gasteiger partial charge on any atom is -0.0807 e. The van der Waals surface area contributed by atoms with Crippen LogP contribution in [0.5, 0.6) is 0 Å². The van der Waals surface area contributed by atoms with E-state index in [-0.39, 0.29) is 0 Å². The number of benzene rings is 1. The summed E-state index contributed by atoms with van der Waals surface area (Å²) in [5.41, 5.74) is 8.02. The normalized spacial score (nSPS) is 20.7. The Morgan fingerprint density at radius 1 is 1.09 bits per heavy atom. The van der Waals surface area contributed by atoms with Gasteiger partial charge < -0.3 is 0 Å². The summed E-state index contributed by atoms with van der Waals surface area (Å²) in [5.74, 6) is 1.46. The molecule has 3 rings (SSSR count). The van der Waals surface area contributed by atoms with E-state index in [0.29, 0.717) is 5.92 Å². The molecule has 0 heterocycles. The molecule has 0 saturated heterocycles. The average molecular weight is 309 g/mol. The number of hydrogen-bond donors (Lipinski definition) is 0. The molecule has 0 N–H and O–H groups in total. The Hall–Kier alpha value is -1.30. The summed E-state index contributed by atoms with van der Waals surface area (Å²) in [4.78, 5) is 0. The van der Waals surface area contributed by atoms with E-state index < -0.39 is 0 Å². The highest BCUT2D eigenvalue weighted by molar-refractivity contribution is 5.48. The van der Waals surface area contributed by atoms with Gasteiger partial charge in [-0.15, -0.1) is 0 Å². The lowest BCUT2D eigenvalue weighted by Gasteiger charge is -2.24. The van der Waals surface area contributed by atoms with Gasteiger partial charge in [-0.3, -0.25) is 0 Å². The van der Waals surface area contributed by atoms with Crippen molar-refractivity contribution < 1.29 is 0 Å². The SMILES string of the molecule is CCCCCc1cc(CC)cc(C2CC2)c1C1C=CC(C)=CC1. The van der Waals surface area contributed by atoms with E-state index in [1.807, 2.05) is 0 Å². The minimum atomic E-state index is 0.608. The molecule has 1 unspecified atom stereocenters. The maximum Gasteiger partial charge on any atom is 0.00614 e. The lowest BCUT2D eigenvalue weighted by molar-refractivity contribution is 0.703. The molecule has 0 bridgehead atoms. The van der Waals surface area contributed by atoms with Crippen molar-refractivity contribution in [1.29, 1.82) is 0 Å². The Balaban J connectivity index is 1.97. The molecule has 1 atom stereocenters. The average Bonchev–Trinajstić information content (AvgIpc) is 3.40. The molecule has 2 aliphatic carbocycles. The highest BCUT2D eigenvalue weighted by atomic mass is 14.3. The van der Waals surface area contributed by atoms with E-state index in [2.05, 4.69) is 51.1 Å². The molecule has 1 aromatic rings. The maximum absolute atomic E-state index is 2.54. The highest BCUT2D eigenvalue weighted by Gasteiger charge is 2.30. The van der Waals surface area contributed by atoms with Gasteiger partial charge in [0.2, 0.25) is 0 Å². The number of aryl methyl sites for hydroxylation is 2. The maximum atomic E-state index is 2.54. The van der Waals surface area contributed by atoms with E-state index in [1.165, 1.54) is 56.9 Å². The van der Waals surface area contributed by atoms with E-state index in [4.69, 9.17) is 0 Å². The zero-order valence-corrected chi connectivity index (χ0v) is 15.2. The molecule has 0 amide bonds. The molecule has 0 nitrogen and oxygen atoms in total. The van der Waals surface area contributed by atoms with Crippen LogP contribution in [0, 0.1) is 0 Å². The minimum absolute atomic E-state index is 0.608. The van der Waals surface area contributed by atoms with Crippen LogP contribution in [0.15, 0.2) is 35.9 Å². The zero-order chi connectivity index (χ0) is 16.2. The fraction of sp³-hybridized carbons (Fsp3) is 0.565. The van der Waals surface area contributed by atoms with E-state index in [9.17, 15) is 0 Å². The van der Waals surface area contributed by atoms with Crippen molar-refractivity contribution in [3.05, 3.63) is 58.2 Å². The van der Waals surface area contributed by atoms with Crippen LogP contribution in [0.1, 0.15) is 93.4 Å². The van der Waals surface area contributed by atoms with Gasteiger partial charge in [0.1, 0.15) is 0 Å². The summed E-state index contributed by atoms with van der Waals surface area (Å²) in [6, 6.07) is 5.06. The quantitative estimate of drug-likeness (QED) is 0.483. The van der Waals surface area contributed by atoms with E-state index in [0.717, 1.165) is 5.92 Å². The number of allylic oxidation sites excluding steroid dienone is 4. The van der Waals surface area contributed by atoms with Crippen LogP contribution < -0.4 is 0 Å². The van der Waals surface area contributed by atoms with Crippen LogP contribution in [0.25, 0.3) is 0 Å². The van der Waals surface area contributed by atoms with Gasteiger partial charge in [-0.1, -0.05) is 62.6 Å². The summed E-state index contributed by atoms with van der Waals surface area (Å²) >= 11 is 0. The van der Waals surface area contributed by atoms with Gasteiger partial charge in [-0.2, -0.15) is 0 Å². The Bertz CT molecular complexity index is 599. The lowest BCUT2D eigenvalue weighted by Crippen LogP contribution is -2.08. The van der Waals surface area contributed by atoms with Crippen LogP contribution >= 0.6 is 0 Å².